The third-order valence-electron chi connectivity index (χ3n) is 3.62. The number of hydrogen-bond acceptors (Lipinski definition) is 5. The van der Waals surface area contributed by atoms with Crippen LogP contribution in [0.2, 0.25) is 5.02 Å². The number of halogens is 2. The lowest BCUT2D eigenvalue weighted by Gasteiger charge is -2.14. The van der Waals surface area contributed by atoms with Gasteiger partial charge >= 0.3 is 0 Å². The summed E-state index contributed by atoms with van der Waals surface area (Å²) in [5.74, 6) is 0.766. The minimum absolute atomic E-state index is 0.0301. The summed E-state index contributed by atoms with van der Waals surface area (Å²) >= 11 is 7.59. The van der Waals surface area contributed by atoms with E-state index < -0.39 is 0 Å². The molecule has 1 N–H and O–H groups in total. The molecule has 0 saturated heterocycles. The van der Waals surface area contributed by atoms with Gasteiger partial charge in [0.25, 0.3) is 0 Å². The Bertz CT molecular complexity index is 839. The fraction of sp³-hybridized carbons (Fsp3) is 0.211. The molecule has 2 aromatic carbocycles. The highest BCUT2D eigenvalue weighted by Gasteiger charge is 2.11. The fourth-order valence-corrected chi connectivity index (χ4v) is 3.10. The van der Waals surface area contributed by atoms with Crippen molar-refractivity contribution in [1.29, 1.82) is 0 Å². The van der Waals surface area contributed by atoms with Gasteiger partial charge in [-0.15, -0.1) is 11.3 Å². The first kappa shape index (κ1) is 18.5. The van der Waals surface area contributed by atoms with Gasteiger partial charge in [-0.05, 0) is 36.8 Å². The van der Waals surface area contributed by atoms with Crippen molar-refractivity contribution in [3.8, 4) is 11.5 Å². The van der Waals surface area contributed by atoms with Crippen LogP contribution in [0.3, 0.4) is 0 Å². The summed E-state index contributed by atoms with van der Waals surface area (Å²) in [6.45, 7) is 3.05. The number of anilines is 1. The summed E-state index contributed by atoms with van der Waals surface area (Å²) in [5.41, 5.74) is 1.35. The molecule has 4 nitrogen and oxygen atoms in total. The molecule has 0 bridgehead atoms. The van der Waals surface area contributed by atoms with E-state index in [0.717, 1.165) is 10.7 Å². The predicted octanol–water partition coefficient (Wildman–Crippen LogP) is 5.53. The molecule has 0 fully saturated rings. The Morgan fingerprint density at radius 2 is 2.08 bits per heavy atom. The maximum atomic E-state index is 13.9. The third kappa shape index (κ3) is 4.65. The van der Waals surface area contributed by atoms with Crippen LogP contribution in [-0.2, 0) is 13.2 Å². The first-order valence-corrected chi connectivity index (χ1v) is 9.38. The highest BCUT2D eigenvalue weighted by atomic mass is 35.5. The molecule has 0 radical (unpaired) electrons. The van der Waals surface area contributed by atoms with Crippen molar-refractivity contribution in [2.75, 3.05) is 11.9 Å². The van der Waals surface area contributed by atoms with Gasteiger partial charge in [0, 0.05) is 23.7 Å². The molecule has 0 saturated carbocycles. The van der Waals surface area contributed by atoms with Gasteiger partial charge in [-0.1, -0.05) is 23.7 Å². The maximum absolute atomic E-state index is 13.9. The minimum Gasteiger partial charge on any atom is -0.490 e. The molecule has 1 heterocycles. The van der Waals surface area contributed by atoms with Crippen molar-refractivity contribution in [1.82, 2.24) is 4.98 Å². The second-order valence-electron chi connectivity index (χ2n) is 5.39. The Labute approximate surface area is 160 Å². The predicted molar refractivity (Wildman–Crippen MR) is 103 cm³/mol. The van der Waals surface area contributed by atoms with Crippen LogP contribution in [-0.4, -0.2) is 11.6 Å². The Balaban J connectivity index is 1.71. The average molecular weight is 393 g/mol. The monoisotopic (exact) mass is 392 g/mol. The van der Waals surface area contributed by atoms with Gasteiger partial charge in [0.15, 0.2) is 16.6 Å². The van der Waals surface area contributed by atoms with Crippen LogP contribution in [0.25, 0.3) is 0 Å². The van der Waals surface area contributed by atoms with Crippen LogP contribution < -0.4 is 14.8 Å². The number of benzene rings is 2. The summed E-state index contributed by atoms with van der Waals surface area (Å²) in [5, 5.41) is 6.36. The second kappa shape index (κ2) is 8.87. The summed E-state index contributed by atoms with van der Waals surface area (Å²) in [4.78, 5) is 4.19. The maximum Gasteiger partial charge on any atom is 0.182 e. The normalized spacial score (nSPS) is 10.6. The number of nitrogens with one attached hydrogen (secondary N) is 1. The number of nitrogens with zero attached hydrogens (tertiary/aromatic N) is 1. The smallest absolute Gasteiger partial charge is 0.182 e. The number of ether oxygens (including phenoxy) is 2. The Morgan fingerprint density at radius 1 is 1.19 bits per heavy atom. The van der Waals surface area contributed by atoms with Crippen molar-refractivity contribution in [3.05, 3.63) is 69.9 Å². The topological polar surface area (TPSA) is 43.4 Å². The lowest BCUT2D eigenvalue weighted by molar-refractivity contribution is 0.265. The number of hydrogen-bond donors (Lipinski definition) is 1. The lowest BCUT2D eigenvalue weighted by Crippen LogP contribution is -2.04. The van der Waals surface area contributed by atoms with E-state index in [4.69, 9.17) is 21.1 Å². The quantitative estimate of drug-likeness (QED) is 0.547. The van der Waals surface area contributed by atoms with E-state index in [2.05, 4.69) is 10.3 Å². The second-order valence-corrected chi connectivity index (χ2v) is 6.70. The van der Waals surface area contributed by atoms with E-state index in [1.54, 1.807) is 29.7 Å². The van der Waals surface area contributed by atoms with E-state index in [9.17, 15) is 4.39 Å². The van der Waals surface area contributed by atoms with Gasteiger partial charge in [-0.2, -0.15) is 0 Å². The SMILES string of the molecule is CCOc1cc(CNc2nccs2)ccc1OCc1c(F)cccc1Cl. The first-order chi connectivity index (χ1) is 12.7. The Kier molecular flexibility index (Phi) is 6.30. The van der Waals surface area contributed by atoms with Crippen molar-refractivity contribution < 1.29 is 13.9 Å². The van der Waals surface area contributed by atoms with Crippen LogP contribution in [0.5, 0.6) is 11.5 Å². The Morgan fingerprint density at radius 3 is 2.81 bits per heavy atom. The summed E-state index contributed by atoms with van der Waals surface area (Å²) < 4.78 is 25.3. The zero-order valence-electron chi connectivity index (χ0n) is 14.2. The third-order valence-corrected chi connectivity index (χ3v) is 4.70. The fourth-order valence-electron chi connectivity index (χ4n) is 2.36. The molecule has 7 heteroatoms. The van der Waals surface area contributed by atoms with Gasteiger partial charge in [-0.3, -0.25) is 0 Å². The molecule has 3 rings (SSSR count). The van der Waals surface area contributed by atoms with Gasteiger partial charge in [-0.25, -0.2) is 9.37 Å². The van der Waals surface area contributed by atoms with E-state index >= 15 is 0 Å². The molecule has 0 atom stereocenters. The van der Waals surface area contributed by atoms with E-state index in [1.807, 2.05) is 30.5 Å². The molecule has 0 spiro atoms. The van der Waals surface area contributed by atoms with Crippen molar-refractivity contribution in [3.63, 3.8) is 0 Å². The average Bonchev–Trinajstić information content (AvgIpc) is 3.15. The molecule has 0 aliphatic carbocycles. The first-order valence-electron chi connectivity index (χ1n) is 8.12. The van der Waals surface area contributed by atoms with Crippen molar-refractivity contribution >= 4 is 28.1 Å². The molecule has 136 valence electrons. The molecular weight excluding hydrogens is 375 g/mol. The molecule has 0 aliphatic heterocycles. The number of thiazole rings is 1. The molecular formula is C19H18ClFN2O2S. The van der Waals surface area contributed by atoms with Crippen LogP contribution >= 0.6 is 22.9 Å². The van der Waals surface area contributed by atoms with Crippen LogP contribution in [0.1, 0.15) is 18.1 Å². The standard InChI is InChI=1S/C19H18ClFN2O2S/c1-2-24-18-10-13(11-23-19-22-8-9-26-19)6-7-17(18)25-12-14-15(20)4-3-5-16(14)21/h3-10H,2,11-12H2,1H3,(H,22,23). The molecule has 26 heavy (non-hydrogen) atoms. The molecule has 0 amide bonds. The number of aromatic nitrogens is 1. The van der Waals surface area contributed by atoms with Gasteiger partial charge in [0.1, 0.15) is 12.4 Å². The highest BCUT2D eigenvalue weighted by molar-refractivity contribution is 7.13. The lowest BCUT2D eigenvalue weighted by atomic mass is 10.2. The Hall–Kier alpha value is -2.31. The molecule has 0 unspecified atom stereocenters. The van der Waals surface area contributed by atoms with Gasteiger partial charge in [0.2, 0.25) is 0 Å². The van der Waals surface area contributed by atoms with Gasteiger partial charge < -0.3 is 14.8 Å². The highest BCUT2D eigenvalue weighted by Crippen LogP contribution is 2.31. The van der Waals surface area contributed by atoms with Gasteiger partial charge in [0.05, 0.1) is 11.6 Å². The number of rotatable bonds is 8. The van der Waals surface area contributed by atoms with Crippen molar-refractivity contribution in [2.24, 2.45) is 0 Å². The molecule has 0 aliphatic rings. The zero-order valence-corrected chi connectivity index (χ0v) is 15.7. The van der Waals surface area contributed by atoms with Crippen molar-refractivity contribution in [2.45, 2.75) is 20.1 Å². The van der Waals surface area contributed by atoms with E-state index in [0.29, 0.717) is 35.2 Å². The van der Waals surface area contributed by atoms with E-state index in [-0.39, 0.29) is 12.4 Å². The molecule has 1 aromatic heterocycles. The summed E-state index contributed by atoms with van der Waals surface area (Å²) in [6.07, 6.45) is 1.75. The van der Waals surface area contributed by atoms with Crippen LogP contribution in [0.4, 0.5) is 9.52 Å². The van der Waals surface area contributed by atoms with Crippen LogP contribution in [0, 0.1) is 5.82 Å². The largest absolute Gasteiger partial charge is 0.490 e. The van der Waals surface area contributed by atoms with Crippen LogP contribution in [0.15, 0.2) is 48.0 Å². The molecule has 3 aromatic rings. The zero-order chi connectivity index (χ0) is 18.4. The summed E-state index contributed by atoms with van der Waals surface area (Å²) in [7, 11) is 0. The minimum atomic E-state index is -0.389. The van der Waals surface area contributed by atoms with E-state index in [1.165, 1.54) is 6.07 Å². The summed E-state index contributed by atoms with van der Waals surface area (Å²) in [6, 6.07) is 10.2.